The van der Waals surface area contributed by atoms with Gasteiger partial charge in [-0.3, -0.25) is 4.68 Å². The summed E-state index contributed by atoms with van der Waals surface area (Å²) < 4.78 is 16.7. The molecule has 3 aromatic heterocycles. The number of hydrogen-bond acceptors (Lipinski definition) is 4. The van der Waals surface area contributed by atoms with Gasteiger partial charge < -0.3 is 0 Å². The molecule has 7 heteroatoms. The predicted octanol–water partition coefficient (Wildman–Crippen LogP) is 3.16. The Morgan fingerprint density at radius 3 is 2.62 bits per heavy atom. The molecule has 4 rings (SSSR count). The van der Waals surface area contributed by atoms with E-state index in [1.807, 2.05) is 13.2 Å². The van der Waals surface area contributed by atoms with E-state index in [1.54, 1.807) is 21.3 Å². The minimum atomic E-state index is -0.275. The molecule has 0 saturated heterocycles. The maximum Gasteiger partial charge on any atom is 0.186 e. The van der Waals surface area contributed by atoms with Gasteiger partial charge in [-0.2, -0.15) is 9.61 Å². The van der Waals surface area contributed by atoms with Crippen LogP contribution in [0.25, 0.3) is 28.1 Å². The van der Waals surface area contributed by atoms with Gasteiger partial charge >= 0.3 is 0 Å². The molecule has 0 fully saturated rings. The molecule has 1 aromatic carbocycles. The molecule has 3 heterocycles. The summed E-state index contributed by atoms with van der Waals surface area (Å²) >= 11 is 0. The van der Waals surface area contributed by atoms with E-state index in [0.29, 0.717) is 11.5 Å². The van der Waals surface area contributed by atoms with Crippen molar-refractivity contribution in [3.8, 4) is 11.4 Å². The normalized spacial score (nSPS) is 11.6. The van der Waals surface area contributed by atoms with Crippen molar-refractivity contribution in [3.63, 3.8) is 0 Å². The summed E-state index contributed by atoms with van der Waals surface area (Å²) in [6.07, 6.45) is 4.80. The summed E-state index contributed by atoms with van der Waals surface area (Å²) in [5, 5.41) is 9.87. The van der Waals surface area contributed by atoms with Crippen LogP contribution in [0.3, 0.4) is 0 Å². The van der Waals surface area contributed by atoms with Crippen LogP contribution in [0.1, 0.15) is 25.6 Å². The van der Waals surface area contributed by atoms with Gasteiger partial charge in [-0.1, -0.05) is 13.3 Å². The van der Waals surface area contributed by atoms with Gasteiger partial charge in [-0.15, -0.1) is 5.10 Å². The molecule has 0 amide bonds. The lowest BCUT2D eigenvalue weighted by Crippen LogP contribution is -2.03. The molecule has 0 unspecified atom stereocenters. The van der Waals surface area contributed by atoms with Crippen LogP contribution in [0.15, 0.2) is 30.5 Å². The van der Waals surface area contributed by atoms with E-state index in [1.165, 1.54) is 12.1 Å². The van der Waals surface area contributed by atoms with E-state index in [0.717, 1.165) is 41.7 Å². The summed E-state index contributed by atoms with van der Waals surface area (Å²) in [7, 11) is 1.86. The van der Waals surface area contributed by atoms with Gasteiger partial charge in [0.2, 0.25) is 0 Å². The van der Waals surface area contributed by atoms with Gasteiger partial charge in [-0.25, -0.2) is 14.4 Å². The van der Waals surface area contributed by atoms with Gasteiger partial charge in [0.05, 0.1) is 5.39 Å². The molecule has 4 aromatic rings. The van der Waals surface area contributed by atoms with E-state index in [9.17, 15) is 4.39 Å². The van der Waals surface area contributed by atoms with E-state index < -0.39 is 0 Å². The van der Waals surface area contributed by atoms with Crippen LogP contribution >= 0.6 is 0 Å². The lowest BCUT2D eigenvalue weighted by atomic mass is 10.2. The minimum Gasteiger partial charge on any atom is -0.273 e. The third-order valence-corrected chi connectivity index (χ3v) is 3.99. The summed E-state index contributed by atoms with van der Waals surface area (Å²) in [6, 6.07) is 6.20. The molecule has 0 aliphatic carbocycles. The summed E-state index contributed by atoms with van der Waals surface area (Å²) in [5.74, 6) is 1.13. The molecular weight excluding hydrogens is 307 g/mol. The number of benzene rings is 1. The molecule has 0 bridgehead atoms. The van der Waals surface area contributed by atoms with E-state index in [2.05, 4.69) is 27.1 Å². The smallest absolute Gasteiger partial charge is 0.186 e. The maximum absolute atomic E-state index is 13.2. The molecule has 24 heavy (non-hydrogen) atoms. The molecule has 0 atom stereocenters. The number of halogens is 1. The molecule has 0 aliphatic rings. The lowest BCUT2D eigenvalue weighted by molar-refractivity contribution is 0.628. The predicted molar refractivity (Wildman–Crippen MR) is 89.1 cm³/mol. The molecule has 122 valence electrons. The van der Waals surface area contributed by atoms with Gasteiger partial charge in [0.15, 0.2) is 17.1 Å². The molecule has 0 radical (unpaired) electrons. The van der Waals surface area contributed by atoms with Crippen molar-refractivity contribution in [3.05, 3.63) is 42.1 Å². The monoisotopic (exact) mass is 324 g/mol. The maximum atomic E-state index is 13.2. The molecular formula is C17H17FN6. The fourth-order valence-corrected chi connectivity index (χ4v) is 2.77. The van der Waals surface area contributed by atoms with Crippen LogP contribution in [0, 0.1) is 5.82 Å². The second-order valence-electron chi connectivity index (χ2n) is 5.85. The average molecular weight is 324 g/mol. The largest absolute Gasteiger partial charge is 0.273 e. The number of fused-ring (bicyclic) bond motifs is 3. The van der Waals surface area contributed by atoms with Crippen molar-refractivity contribution >= 4 is 16.7 Å². The van der Waals surface area contributed by atoms with Crippen LogP contribution in [0.5, 0.6) is 0 Å². The van der Waals surface area contributed by atoms with Crippen LogP contribution < -0.4 is 0 Å². The standard InChI is InChI=1S/C17H17FN6/c1-3-4-5-14-19-16-13(10-23(2)21-16)17-20-15(22-24(14)17)11-6-8-12(18)9-7-11/h6-10H,3-5H2,1-2H3. The Bertz CT molecular complexity index is 1020. The zero-order valence-electron chi connectivity index (χ0n) is 13.6. The second-order valence-corrected chi connectivity index (χ2v) is 5.85. The summed E-state index contributed by atoms with van der Waals surface area (Å²) in [4.78, 5) is 9.31. The fourth-order valence-electron chi connectivity index (χ4n) is 2.77. The van der Waals surface area contributed by atoms with Crippen LogP contribution in [0.4, 0.5) is 4.39 Å². The Morgan fingerprint density at radius 2 is 1.88 bits per heavy atom. The summed E-state index contributed by atoms with van der Waals surface area (Å²) in [5.41, 5.74) is 2.19. The second kappa shape index (κ2) is 5.67. The van der Waals surface area contributed by atoms with Crippen molar-refractivity contribution in [1.82, 2.24) is 29.4 Å². The van der Waals surface area contributed by atoms with Crippen molar-refractivity contribution in [1.29, 1.82) is 0 Å². The first-order chi connectivity index (χ1) is 11.7. The van der Waals surface area contributed by atoms with Crippen molar-refractivity contribution < 1.29 is 4.39 Å². The zero-order chi connectivity index (χ0) is 16.7. The first-order valence-electron chi connectivity index (χ1n) is 8.00. The third-order valence-electron chi connectivity index (χ3n) is 3.99. The van der Waals surface area contributed by atoms with Gasteiger partial charge in [-0.05, 0) is 30.7 Å². The number of hydrogen-bond donors (Lipinski definition) is 0. The highest BCUT2D eigenvalue weighted by Crippen LogP contribution is 2.22. The third kappa shape index (κ3) is 2.42. The molecule has 0 saturated carbocycles. The van der Waals surface area contributed by atoms with E-state index >= 15 is 0 Å². The lowest BCUT2D eigenvalue weighted by Gasteiger charge is -2.02. The number of aryl methyl sites for hydroxylation is 2. The Balaban J connectivity index is 1.95. The number of aromatic nitrogens is 6. The highest BCUT2D eigenvalue weighted by atomic mass is 19.1. The van der Waals surface area contributed by atoms with Crippen molar-refractivity contribution in [2.45, 2.75) is 26.2 Å². The Labute approximate surface area is 138 Å². The number of rotatable bonds is 4. The number of nitrogens with zero attached hydrogens (tertiary/aromatic N) is 6. The Hall–Kier alpha value is -2.83. The van der Waals surface area contributed by atoms with E-state index in [-0.39, 0.29) is 5.82 Å². The van der Waals surface area contributed by atoms with Crippen molar-refractivity contribution in [2.75, 3.05) is 0 Å². The summed E-state index contributed by atoms with van der Waals surface area (Å²) in [6.45, 7) is 2.14. The highest BCUT2D eigenvalue weighted by Gasteiger charge is 2.16. The van der Waals surface area contributed by atoms with Gasteiger partial charge in [0, 0.05) is 25.2 Å². The Kier molecular flexibility index (Phi) is 3.48. The topological polar surface area (TPSA) is 60.9 Å². The quantitative estimate of drug-likeness (QED) is 0.578. The van der Waals surface area contributed by atoms with Gasteiger partial charge in [0.1, 0.15) is 11.6 Å². The molecule has 0 N–H and O–H groups in total. The van der Waals surface area contributed by atoms with Crippen molar-refractivity contribution in [2.24, 2.45) is 7.05 Å². The van der Waals surface area contributed by atoms with E-state index in [4.69, 9.17) is 0 Å². The van der Waals surface area contributed by atoms with Crippen LogP contribution in [-0.2, 0) is 13.5 Å². The minimum absolute atomic E-state index is 0.275. The fraction of sp³-hybridized carbons (Fsp3) is 0.294. The SMILES string of the molecule is CCCCc1nc2nn(C)cc2c2nc(-c3ccc(F)cc3)nn12. The average Bonchev–Trinajstić information content (AvgIpc) is 3.16. The Morgan fingerprint density at radius 1 is 1.08 bits per heavy atom. The van der Waals surface area contributed by atoms with Gasteiger partial charge in [0.25, 0.3) is 0 Å². The van der Waals surface area contributed by atoms with Crippen LogP contribution in [-0.4, -0.2) is 29.4 Å². The van der Waals surface area contributed by atoms with Crippen LogP contribution in [0.2, 0.25) is 0 Å². The highest BCUT2D eigenvalue weighted by molar-refractivity contribution is 5.89. The first-order valence-corrected chi connectivity index (χ1v) is 8.00. The number of unbranched alkanes of at least 4 members (excludes halogenated alkanes) is 1. The first kappa shape index (κ1) is 14.7. The molecule has 0 spiro atoms. The zero-order valence-corrected chi connectivity index (χ0v) is 13.6. The molecule has 6 nitrogen and oxygen atoms in total. The molecule has 0 aliphatic heterocycles.